The number of rotatable bonds is 20. The molecule has 452 valence electrons. The van der Waals surface area contributed by atoms with Crippen molar-refractivity contribution in [2.45, 2.75) is 217 Å². The van der Waals surface area contributed by atoms with Gasteiger partial charge < -0.3 is 160 Å². The van der Waals surface area contributed by atoms with Gasteiger partial charge in [-0.2, -0.15) is 0 Å². The fraction of sp³-hybridized carbons (Fsp3) is 0.930. The Morgan fingerprint density at radius 1 is 0.526 bits per heavy atom. The highest BCUT2D eigenvalue weighted by Gasteiger charge is 2.61. The van der Waals surface area contributed by atoms with Gasteiger partial charge in [-0.25, -0.2) is 4.79 Å². The van der Waals surface area contributed by atoms with Crippen LogP contribution in [0.2, 0.25) is 0 Å². The maximum absolute atomic E-state index is 13.1. The van der Waals surface area contributed by atoms with Crippen molar-refractivity contribution in [1.29, 1.82) is 0 Å². The maximum atomic E-state index is 13.1. The molecule has 0 radical (unpaired) electrons. The zero-order chi connectivity index (χ0) is 58.0. The van der Waals surface area contributed by atoms with Crippen LogP contribution in [-0.2, 0) is 66.5 Å². The first kappa shape index (κ1) is 64.4. The standard InChI is InChI=1S/C43H72N2O33/c1-10-21(55)26(60)27(61)39(68-10)76-36-28(62)37(65)69-18(9-50)31(36)73-40-29(63)34(24(58)16(7-48)71-40)75-38-20(45-12(3)52)32(23(57)15(6-47)70-38)74-41-30(64)35(25(59)17(8-49)72-41)78-43(42(66)67)4-13(53)19(44-11(2)51)33(77-43)22(56)14(54)5-46/h10,13-41,46-50,53-65H,4-9H2,1-3H3,(H,44,51)(H,45,52)(H,66,67)/t10-,13-,14+,15+,16+,17+,18+,19+,20+,21+,22+,23+,24-,25-,26+,27-,28+,29+,30+,31+,32+,33+,34-,35-,36+,37?,38-,39-,40-,41-,43-/m0/s1. The first-order valence-electron chi connectivity index (χ1n) is 24.6. The molecule has 21 N–H and O–H groups in total. The van der Waals surface area contributed by atoms with E-state index in [1.807, 2.05) is 0 Å². The van der Waals surface area contributed by atoms with Crippen LogP contribution >= 0.6 is 0 Å². The molecule has 2 amide bonds. The van der Waals surface area contributed by atoms with Crippen LogP contribution in [0.3, 0.4) is 0 Å². The number of hydrogen-bond acceptors (Lipinski definition) is 32. The van der Waals surface area contributed by atoms with Crippen molar-refractivity contribution in [3.63, 3.8) is 0 Å². The van der Waals surface area contributed by atoms with E-state index in [1.54, 1.807) is 0 Å². The van der Waals surface area contributed by atoms with Crippen LogP contribution < -0.4 is 10.6 Å². The Bertz CT molecular complexity index is 1950. The summed E-state index contributed by atoms with van der Waals surface area (Å²) in [6.07, 6.45) is -57.6. The monoisotopic (exact) mass is 1140 g/mol. The van der Waals surface area contributed by atoms with Crippen LogP contribution in [0.25, 0.3) is 0 Å². The maximum Gasteiger partial charge on any atom is 0.364 e. The molecule has 78 heavy (non-hydrogen) atoms. The van der Waals surface area contributed by atoms with E-state index >= 15 is 0 Å². The summed E-state index contributed by atoms with van der Waals surface area (Å²) in [6, 6.07) is -3.60. The third-order valence-corrected chi connectivity index (χ3v) is 14.2. The Morgan fingerprint density at radius 2 is 0.987 bits per heavy atom. The van der Waals surface area contributed by atoms with Gasteiger partial charge in [-0.05, 0) is 6.92 Å². The van der Waals surface area contributed by atoms with Crippen LogP contribution in [0.15, 0.2) is 0 Å². The number of hydrogen-bond donors (Lipinski definition) is 21. The molecule has 0 aliphatic carbocycles. The summed E-state index contributed by atoms with van der Waals surface area (Å²) < 4.78 is 62.9. The summed E-state index contributed by atoms with van der Waals surface area (Å²) in [6.45, 7) is -2.27. The Hall–Kier alpha value is -2.75. The Labute approximate surface area is 441 Å². The van der Waals surface area contributed by atoms with E-state index in [0.717, 1.165) is 13.8 Å². The molecule has 0 aromatic heterocycles. The fourth-order valence-electron chi connectivity index (χ4n) is 9.95. The van der Waals surface area contributed by atoms with Crippen molar-refractivity contribution in [2.75, 3.05) is 33.0 Å². The van der Waals surface area contributed by atoms with Crippen LogP contribution in [0.1, 0.15) is 27.2 Å². The number of carbonyl (C=O) groups is 3. The minimum absolute atomic E-state index is 0.833. The normalized spacial score (nSPS) is 48.1. The van der Waals surface area contributed by atoms with E-state index in [1.165, 1.54) is 6.92 Å². The molecule has 6 aliphatic heterocycles. The number of aliphatic hydroxyl groups excluding tert-OH is 18. The lowest BCUT2D eigenvalue weighted by Crippen LogP contribution is -2.71. The molecule has 0 saturated carbocycles. The third-order valence-electron chi connectivity index (χ3n) is 14.2. The molecule has 35 heteroatoms. The van der Waals surface area contributed by atoms with Gasteiger partial charge in [-0.15, -0.1) is 0 Å². The molecule has 35 nitrogen and oxygen atoms in total. The first-order valence-corrected chi connectivity index (χ1v) is 24.6. The lowest BCUT2D eigenvalue weighted by molar-refractivity contribution is -0.395. The second-order valence-corrected chi connectivity index (χ2v) is 19.6. The topological polar surface area (TPSA) is 561 Å². The van der Waals surface area contributed by atoms with Gasteiger partial charge in [0.25, 0.3) is 5.79 Å². The van der Waals surface area contributed by atoms with E-state index in [4.69, 9.17) is 52.1 Å². The Kier molecular flexibility index (Phi) is 22.4. The van der Waals surface area contributed by atoms with Crippen LogP contribution in [-0.4, -0.2) is 338 Å². The zero-order valence-corrected chi connectivity index (χ0v) is 41.8. The number of amides is 2. The molecule has 6 aliphatic rings. The van der Waals surface area contributed by atoms with Gasteiger partial charge in [0.05, 0.1) is 51.3 Å². The first-order chi connectivity index (χ1) is 36.7. The molecule has 6 fully saturated rings. The average molecular weight is 1150 g/mol. The van der Waals surface area contributed by atoms with Crippen molar-refractivity contribution < 1.29 is 164 Å². The summed E-state index contributed by atoms with van der Waals surface area (Å²) >= 11 is 0. The second-order valence-electron chi connectivity index (χ2n) is 19.6. The summed E-state index contributed by atoms with van der Waals surface area (Å²) in [7, 11) is 0. The van der Waals surface area contributed by atoms with Crippen LogP contribution in [0, 0.1) is 0 Å². The fourth-order valence-corrected chi connectivity index (χ4v) is 9.95. The largest absolute Gasteiger partial charge is 0.477 e. The third kappa shape index (κ3) is 13.5. The number of carboxylic acids is 1. The molecule has 0 bridgehead atoms. The summed E-state index contributed by atoms with van der Waals surface area (Å²) in [5, 5.41) is 209. The highest BCUT2D eigenvalue weighted by Crippen LogP contribution is 2.40. The van der Waals surface area contributed by atoms with Crippen molar-refractivity contribution in [3.8, 4) is 0 Å². The number of aliphatic carboxylic acids is 1. The molecular formula is C43H72N2O33. The zero-order valence-electron chi connectivity index (χ0n) is 41.8. The molecule has 31 atom stereocenters. The van der Waals surface area contributed by atoms with E-state index in [-0.39, 0.29) is 0 Å². The molecule has 6 rings (SSSR count). The molecule has 0 aromatic rings. The quantitative estimate of drug-likeness (QED) is 0.0538. The van der Waals surface area contributed by atoms with Gasteiger partial charge in [0.1, 0.15) is 134 Å². The highest BCUT2D eigenvalue weighted by molar-refractivity contribution is 5.76. The average Bonchev–Trinajstić information content (AvgIpc) is 3.46. The van der Waals surface area contributed by atoms with Crippen LogP contribution in [0.5, 0.6) is 0 Å². The number of ether oxygens (including phenoxy) is 11. The minimum atomic E-state index is -3.22. The number of carbonyl (C=O) groups excluding carboxylic acids is 2. The number of aliphatic hydroxyl groups is 18. The van der Waals surface area contributed by atoms with Gasteiger partial charge >= 0.3 is 5.97 Å². The van der Waals surface area contributed by atoms with Gasteiger partial charge in [0.15, 0.2) is 31.5 Å². The van der Waals surface area contributed by atoms with Crippen molar-refractivity contribution in [1.82, 2.24) is 10.6 Å². The van der Waals surface area contributed by atoms with Gasteiger partial charge in [-0.1, -0.05) is 0 Å². The van der Waals surface area contributed by atoms with Crippen molar-refractivity contribution in [3.05, 3.63) is 0 Å². The highest BCUT2D eigenvalue weighted by atomic mass is 16.8. The van der Waals surface area contributed by atoms with Crippen LogP contribution in [0.4, 0.5) is 0 Å². The number of carboxylic acid groups (broad SMARTS) is 1. The van der Waals surface area contributed by atoms with Gasteiger partial charge in [-0.3, -0.25) is 9.59 Å². The van der Waals surface area contributed by atoms with E-state index < -0.39 is 247 Å². The molecule has 0 spiro atoms. The second kappa shape index (κ2) is 27.1. The van der Waals surface area contributed by atoms with E-state index in [2.05, 4.69) is 10.6 Å². The van der Waals surface area contributed by atoms with Gasteiger partial charge in [0.2, 0.25) is 11.8 Å². The molecular weight excluding hydrogens is 1070 g/mol. The van der Waals surface area contributed by atoms with Crippen molar-refractivity contribution >= 4 is 17.8 Å². The summed E-state index contributed by atoms with van der Waals surface area (Å²) in [5.74, 6) is -7.10. The van der Waals surface area contributed by atoms with Crippen molar-refractivity contribution in [2.24, 2.45) is 0 Å². The van der Waals surface area contributed by atoms with E-state index in [0.29, 0.717) is 0 Å². The Morgan fingerprint density at radius 3 is 1.51 bits per heavy atom. The molecule has 0 aromatic carbocycles. The lowest BCUT2D eigenvalue weighted by atomic mass is 9.88. The SMILES string of the molecule is CC(=O)N[C@H]1[C@H](O[C@H]2[C@@H](O)[C@@H](CO)O[C@@H](O[C@H]3[C@H](O[C@@H]4O[C@@H](C)[C@@H](O)[C@@H](O)[C@@H]4O)[C@@H](O)C(O)O[C@@H]3CO)[C@@H]2O)O[C@H](CO)[C@@H](O)[C@@H]1O[C@@H]1O[C@H](CO)[C@H](O)[C@H](O[C@]2(C(=O)O)C[C@H](O)[C@@H](NC(C)=O)[C@H]([C@H](O)[C@H](O)CO)O2)[C@H]1O. The van der Waals surface area contributed by atoms with Gasteiger partial charge in [0, 0.05) is 20.3 Å². The Balaban J connectivity index is 1.29. The number of nitrogens with one attached hydrogen (secondary N) is 2. The minimum Gasteiger partial charge on any atom is -0.477 e. The predicted octanol–water partition coefficient (Wildman–Crippen LogP) is -13.6. The smallest absolute Gasteiger partial charge is 0.364 e. The lowest BCUT2D eigenvalue weighted by Gasteiger charge is -2.51. The van der Waals surface area contributed by atoms with E-state index in [9.17, 15) is 111 Å². The summed E-state index contributed by atoms with van der Waals surface area (Å²) in [4.78, 5) is 38.0. The predicted molar refractivity (Wildman–Crippen MR) is 238 cm³/mol. The summed E-state index contributed by atoms with van der Waals surface area (Å²) in [5.41, 5.74) is 0. The molecule has 6 heterocycles. The molecule has 1 unspecified atom stereocenters. The molecule has 6 saturated heterocycles.